The molecule has 4 heteroatoms. The Labute approximate surface area is 84.8 Å². The summed E-state index contributed by atoms with van der Waals surface area (Å²) < 4.78 is 9.84. The Kier molecular flexibility index (Phi) is 3.76. The number of halogens is 1. The summed E-state index contributed by atoms with van der Waals surface area (Å²) in [7, 11) is 1.58. The zero-order valence-corrected chi connectivity index (χ0v) is 8.71. The Morgan fingerprint density at radius 2 is 2.15 bits per heavy atom. The van der Waals surface area contributed by atoms with Crippen molar-refractivity contribution in [3.05, 3.63) is 29.8 Å². The van der Waals surface area contributed by atoms with Crippen LogP contribution in [-0.4, -0.2) is 12.0 Å². The molecule has 0 aromatic heterocycles. The maximum absolute atomic E-state index is 10.5. The lowest BCUT2D eigenvalue weighted by molar-refractivity contribution is 0.169. The summed E-state index contributed by atoms with van der Waals surface area (Å²) in [4.78, 5) is 10.00. The van der Waals surface area contributed by atoms with Gasteiger partial charge in [-0.05, 0) is 6.07 Å². The molecule has 1 aromatic carbocycles. The molecule has 0 amide bonds. The topological polar surface area (TPSA) is 35.5 Å². The van der Waals surface area contributed by atoms with Crippen molar-refractivity contribution >= 4 is 20.8 Å². The van der Waals surface area contributed by atoms with Crippen molar-refractivity contribution in [3.63, 3.8) is 0 Å². The van der Waals surface area contributed by atoms with E-state index in [1.54, 1.807) is 7.11 Å². The minimum absolute atomic E-state index is 0.216. The lowest BCUT2D eigenvalue weighted by Crippen LogP contribution is -1.97. The molecule has 3 nitrogen and oxygen atoms in total. The fourth-order valence-corrected chi connectivity index (χ4v) is 1.07. The highest BCUT2D eigenvalue weighted by atomic mass is 79.9. The second kappa shape index (κ2) is 4.87. The minimum atomic E-state index is -0.474. The highest BCUT2D eigenvalue weighted by Gasteiger charge is 2.03. The SMILES string of the molecule is COc1ccccc1COC(=O)Br. The lowest BCUT2D eigenvalue weighted by Gasteiger charge is -2.06. The summed E-state index contributed by atoms with van der Waals surface area (Å²) in [5.41, 5.74) is 0.845. The minimum Gasteiger partial charge on any atom is -0.496 e. The van der Waals surface area contributed by atoms with Crippen LogP contribution in [0.25, 0.3) is 0 Å². The van der Waals surface area contributed by atoms with E-state index in [0.717, 1.165) is 11.3 Å². The number of para-hydroxylation sites is 1. The molecule has 0 saturated carbocycles. The first-order valence-corrected chi connectivity index (χ1v) is 4.47. The van der Waals surface area contributed by atoms with Crippen LogP contribution in [0.3, 0.4) is 0 Å². The van der Waals surface area contributed by atoms with E-state index in [-0.39, 0.29) is 6.61 Å². The molecule has 0 aliphatic carbocycles. The molecule has 0 aliphatic heterocycles. The smallest absolute Gasteiger partial charge is 0.374 e. The van der Waals surface area contributed by atoms with Crippen LogP contribution < -0.4 is 4.74 Å². The van der Waals surface area contributed by atoms with Gasteiger partial charge in [0.05, 0.1) is 7.11 Å². The molecule has 0 heterocycles. The summed E-state index contributed by atoms with van der Waals surface area (Å²) in [5, 5.41) is 0. The number of benzene rings is 1. The summed E-state index contributed by atoms with van der Waals surface area (Å²) in [6.45, 7) is 0.216. The van der Waals surface area contributed by atoms with Crippen molar-refractivity contribution in [2.75, 3.05) is 7.11 Å². The third-order valence-electron chi connectivity index (χ3n) is 1.53. The van der Waals surface area contributed by atoms with Gasteiger partial charge in [0.2, 0.25) is 0 Å². The summed E-state index contributed by atoms with van der Waals surface area (Å²) in [6.07, 6.45) is 0. The van der Waals surface area contributed by atoms with E-state index in [4.69, 9.17) is 9.47 Å². The molecule has 0 atom stereocenters. The Hall–Kier alpha value is -1.03. The van der Waals surface area contributed by atoms with Gasteiger partial charge in [0.1, 0.15) is 12.4 Å². The number of carbonyl (C=O) groups excluding carboxylic acids is 1. The van der Waals surface area contributed by atoms with Crippen molar-refractivity contribution in [3.8, 4) is 5.75 Å². The second-order valence-electron chi connectivity index (χ2n) is 2.34. The number of hydrogen-bond acceptors (Lipinski definition) is 3. The molecule has 0 unspecified atom stereocenters. The number of methoxy groups -OCH3 is 1. The molecule has 0 bridgehead atoms. The predicted octanol–water partition coefficient (Wildman–Crippen LogP) is 2.73. The summed E-state index contributed by atoms with van der Waals surface area (Å²) in [6, 6.07) is 7.38. The molecule has 0 fully saturated rings. The van der Waals surface area contributed by atoms with Gasteiger partial charge in [-0.2, -0.15) is 0 Å². The average molecular weight is 245 g/mol. The van der Waals surface area contributed by atoms with Gasteiger partial charge in [0.15, 0.2) is 0 Å². The van der Waals surface area contributed by atoms with Crippen molar-refractivity contribution in [1.82, 2.24) is 0 Å². The van der Waals surface area contributed by atoms with Gasteiger partial charge in [0, 0.05) is 21.5 Å². The van der Waals surface area contributed by atoms with E-state index >= 15 is 0 Å². The largest absolute Gasteiger partial charge is 0.496 e. The fraction of sp³-hybridized carbons (Fsp3) is 0.222. The Morgan fingerprint density at radius 3 is 2.77 bits per heavy atom. The average Bonchev–Trinajstić information content (AvgIpc) is 2.15. The molecular weight excluding hydrogens is 236 g/mol. The standard InChI is InChI=1S/C9H9BrO3/c1-12-8-5-3-2-4-7(8)6-13-9(10)11/h2-5H,6H2,1H3. The van der Waals surface area contributed by atoms with Gasteiger partial charge >= 0.3 is 4.88 Å². The van der Waals surface area contributed by atoms with Crippen molar-refractivity contribution < 1.29 is 14.3 Å². The fourth-order valence-electron chi connectivity index (χ4n) is 0.957. The van der Waals surface area contributed by atoms with Crippen LogP contribution in [0.2, 0.25) is 0 Å². The molecule has 0 aliphatic rings. The van der Waals surface area contributed by atoms with E-state index in [0.29, 0.717) is 0 Å². The van der Waals surface area contributed by atoms with E-state index in [9.17, 15) is 4.79 Å². The van der Waals surface area contributed by atoms with Gasteiger partial charge in [-0.15, -0.1) is 0 Å². The molecule has 1 aromatic rings. The van der Waals surface area contributed by atoms with Gasteiger partial charge < -0.3 is 9.47 Å². The molecule has 70 valence electrons. The normalized spacial score (nSPS) is 9.38. The predicted molar refractivity (Wildman–Crippen MR) is 52.1 cm³/mol. The Bertz CT molecular complexity index is 299. The number of ether oxygens (including phenoxy) is 2. The van der Waals surface area contributed by atoms with E-state index < -0.39 is 4.88 Å². The molecular formula is C9H9BrO3. The molecule has 1 rings (SSSR count). The Balaban J connectivity index is 2.69. The van der Waals surface area contributed by atoms with Crippen molar-refractivity contribution in [2.45, 2.75) is 6.61 Å². The quantitative estimate of drug-likeness (QED) is 0.768. The lowest BCUT2D eigenvalue weighted by atomic mass is 10.2. The molecule has 0 radical (unpaired) electrons. The molecule has 0 N–H and O–H groups in total. The number of carbonyl (C=O) groups is 1. The van der Waals surface area contributed by atoms with Crippen molar-refractivity contribution in [2.24, 2.45) is 0 Å². The van der Waals surface area contributed by atoms with Crippen LogP contribution in [0.15, 0.2) is 24.3 Å². The maximum atomic E-state index is 10.5. The summed E-state index contributed by atoms with van der Waals surface area (Å²) in [5.74, 6) is 0.719. The maximum Gasteiger partial charge on any atom is 0.374 e. The van der Waals surface area contributed by atoms with E-state index in [2.05, 4.69) is 15.9 Å². The second-order valence-corrected chi connectivity index (χ2v) is 2.99. The molecule has 0 spiro atoms. The van der Waals surface area contributed by atoms with Gasteiger partial charge in [-0.25, -0.2) is 4.79 Å². The van der Waals surface area contributed by atoms with E-state index in [1.165, 1.54) is 0 Å². The van der Waals surface area contributed by atoms with Crippen LogP contribution in [0.5, 0.6) is 5.75 Å². The van der Waals surface area contributed by atoms with Crippen LogP contribution in [0.1, 0.15) is 5.56 Å². The highest BCUT2D eigenvalue weighted by Crippen LogP contribution is 2.18. The van der Waals surface area contributed by atoms with E-state index in [1.807, 2.05) is 24.3 Å². The van der Waals surface area contributed by atoms with Crippen LogP contribution in [0, 0.1) is 0 Å². The van der Waals surface area contributed by atoms with Gasteiger partial charge in [-0.1, -0.05) is 18.2 Å². The molecule has 0 saturated heterocycles. The molecule has 13 heavy (non-hydrogen) atoms. The van der Waals surface area contributed by atoms with Gasteiger partial charge in [0.25, 0.3) is 0 Å². The summed E-state index contributed by atoms with van der Waals surface area (Å²) >= 11 is 2.68. The Morgan fingerprint density at radius 1 is 1.46 bits per heavy atom. The van der Waals surface area contributed by atoms with Gasteiger partial charge in [-0.3, -0.25) is 0 Å². The zero-order chi connectivity index (χ0) is 9.68. The van der Waals surface area contributed by atoms with Crippen LogP contribution in [0.4, 0.5) is 4.79 Å². The first-order chi connectivity index (χ1) is 6.24. The zero-order valence-electron chi connectivity index (χ0n) is 7.12. The number of hydrogen-bond donors (Lipinski definition) is 0. The van der Waals surface area contributed by atoms with Crippen LogP contribution >= 0.6 is 15.9 Å². The third kappa shape index (κ3) is 3.06. The monoisotopic (exact) mass is 244 g/mol. The van der Waals surface area contributed by atoms with Crippen LogP contribution in [-0.2, 0) is 11.3 Å². The highest BCUT2D eigenvalue weighted by molar-refractivity contribution is 9.18. The third-order valence-corrected chi connectivity index (χ3v) is 1.76. The number of rotatable bonds is 3. The first-order valence-electron chi connectivity index (χ1n) is 3.68. The van der Waals surface area contributed by atoms with Crippen molar-refractivity contribution in [1.29, 1.82) is 0 Å². The first kappa shape index (κ1) is 10.1.